The molecule has 0 bridgehead atoms. The first-order chi connectivity index (χ1) is 8.72. The molecular formula is C12H16ClNO3S. The van der Waals surface area contributed by atoms with Gasteiger partial charge < -0.3 is 4.74 Å². The van der Waals surface area contributed by atoms with Crippen LogP contribution in [0.25, 0.3) is 0 Å². The average Bonchev–Trinajstić information content (AvgIpc) is 2.37. The zero-order valence-electron chi connectivity index (χ0n) is 10.1. The lowest BCUT2D eigenvalue weighted by molar-refractivity contribution is -0.134. The summed E-state index contributed by atoms with van der Waals surface area (Å²) in [7, 11) is 1.58. The first-order valence-electron chi connectivity index (χ1n) is 5.50. The highest BCUT2D eigenvalue weighted by Gasteiger charge is 2.02. The summed E-state index contributed by atoms with van der Waals surface area (Å²) in [6, 6.07) is 7.52. The summed E-state index contributed by atoms with van der Waals surface area (Å²) >= 11 is 7.38. The number of rotatable bonds is 8. The number of ether oxygens (including phenoxy) is 1. The van der Waals surface area contributed by atoms with Gasteiger partial charge in [-0.05, 0) is 24.3 Å². The molecule has 0 spiro atoms. The number of hydrogen-bond acceptors (Lipinski definition) is 4. The Morgan fingerprint density at radius 3 is 2.72 bits per heavy atom. The Balaban J connectivity index is 2.10. The Morgan fingerprint density at radius 1 is 1.33 bits per heavy atom. The predicted molar refractivity (Wildman–Crippen MR) is 72.8 cm³/mol. The van der Waals surface area contributed by atoms with E-state index in [-0.39, 0.29) is 5.91 Å². The molecule has 0 saturated carbocycles. The maximum Gasteiger partial charge on any atom is 0.244 e. The first kappa shape index (κ1) is 15.3. The highest BCUT2D eigenvalue weighted by Crippen LogP contribution is 2.20. The molecule has 0 aliphatic carbocycles. The predicted octanol–water partition coefficient (Wildman–Crippen LogP) is 2.52. The van der Waals surface area contributed by atoms with E-state index in [1.54, 1.807) is 18.9 Å². The van der Waals surface area contributed by atoms with Crippen molar-refractivity contribution in [1.82, 2.24) is 5.48 Å². The number of amides is 1. The topological polar surface area (TPSA) is 47.6 Å². The summed E-state index contributed by atoms with van der Waals surface area (Å²) < 4.78 is 4.78. The van der Waals surface area contributed by atoms with Gasteiger partial charge >= 0.3 is 0 Å². The van der Waals surface area contributed by atoms with Crippen molar-refractivity contribution >= 4 is 29.3 Å². The molecule has 6 heteroatoms. The highest BCUT2D eigenvalue weighted by atomic mass is 35.5. The van der Waals surface area contributed by atoms with Crippen LogP contribution >= 0.6 is 23.4 Å². The summed E-state index contributed by atoms with van der Waals surface area (Å²) in [5, 5.41) is 0.712. The fraction of sp³-hybridized carbons (Fsp3) is 0.417. The molecule has 1 amide bonds. The molecule has 0 aromatic heterocycles. The van der Waals surface area contributed by atoms with Gasteiger partial charge in [0.2, 0.25) is 5.91 Å². The van der Waals surface area contributed by atoms with E-state index in [2.05, 4.69) is 5.48 Å². The number of hydroxylamine groups is 1. The molecule has 0 saturated heterocycles. The van der Waals surface area contributed by atoms with Crippen LogP contribution in [0.15, 0.2) is 29.2 Å². The van der Waals surface area contributed by atoms with E-state index in [1.165, 1.54) is 0 Å². The Hall–Kier alpha value is -0.750. The smallest absolute Gasteiger partial charge is 0.244 e. The number of carbonyl (C=O) groups is 1. The van der Waals surface area contributed by atoms with Crippen LogP contribution in [0.1, 0.15) is 6.42 Å². The van der Waals surface area contributed by atoms with Gasteiger partial charge in [0.1, 0.15) is 0 Å². The minimum Gasteiger partial charge on any atom is -0.382 e. The molecular weight excluding hydrogens is 274 g/mol. The molecule has 0 aliphatic heterocycles. The lowest BCUT2D eigenvalue weighted by atomic mass is 10.4. The van der Waals surface area contributed by atoms with Gasteiger partial charge in [-0.15, -0.1) is 11.8 Å². The van der Waals surface area contributed by atoms with Gasteiger partial charge in [0, 0.05) is 29.2 Å². The van der Waals surface area contributed by atoms with Gasteiger partial charge in [-0.1, -0.05) is 11.6 Å². The van der Waals surface area contributed by atoms with E-state index >= 15 is 0 Å². The van der Waals surface area contributed by atoms with Crippen LogP contribution in [0.5, 0.6) is 0 Å². The quantitative estimate of drug-likeness (QED) is 0.454. The molecule has 0 fully saturated rings. The Morgan fingerprint density at radius 2 is 2.06 bits per heavy atom. The number of nitrogens with one attached hydrogen (secondary N) is 1. The lowest BCUT2D eigenvalue weighted by Crippen LogP contribution is -2.25. The second kappa shape index (κ2) is 9.22. The molecule has 18 heavy (non-hydrogen) atoms. The third-order valence-corrected chi connectivity index (χ3v) is 3.25. The third-order valence-electron chi connectivity index (χ3n) is 1.99. The highest BCUT2D eigenvalue weighted by molar-refractivity contribution is 7.99. The molecule has 0 unspecified atom stereocenters. The maximum absolute atomic E-state index is 11.3. The third kappa shape index (κ3) is 6.86. The van der Waals surface area contributed by atoms with E-state index in [9.17, 15) is 4.79 Å². The monoisotopic (exact) mass is 289 g/mol. The van der Waals surface area contributed by atoms with Crippen LogP contribution in [-0.4, -0.2) is 32.0 Å². The Kier molecular flexibility index (Phi) is 7.84. The van der Waals surface area contributed by atoms with Gasteiger partial charge in [-0.2, -0.15) is 0 Å². The lowest BCUT2D eigenvalue weighted by Gasteiger charge is -2.05. The number of halogens is 1. The van der Waals surface area contributed by atoms with E-state index in [4.69, 9.17) is 21.2 Å². The van der Waals surface area contributed by atoms with Gasteiger partial charge in [0.15, 0.2) is 0 Å². The summed E-state index contributed by atoms with van der Waals surface area (Å²) in [5.41, 5.74) is 2.36. The van der Waals surface area contributed by atoms with Crippen molar-refractivity contribution in [2.45, 2.75) is 11.3 Å². The molecule has 0 radical (unpaired) electrons. The number of benzene rings is 1. The van der Waals surface area contributed by atoms with Crippen LogP contribution in [0, 0.1) is 0 Å². The number of carbonyl (C=O) groups excluding carboxylic acids is 1. The molecule has 1 aromatic rings. The van der Waals surface area contributed by atoms with Crippen LogP contribution in [-0.2, 0) is 14.4 Å². The molecule has 1 N–H and O–H groups in total. The van der Waals surface area contributed by atoms with Crippen molar-refractivity contribution in [3.05, 3.63) is 29.3 Å². The summed E-state index contributed by atoms with van der Waals surface area (Å²) in [5.74, 6) is 0.564. The standard InChI is InChI=1S/C12H16ClNO3S/c1-16-7-8-17-14-12(15)6-9-18-11-4-2-10(13)3-5-11/h2-5H,6-9H2,1H3,(H,14,15). The zero-order chi connectivity index (χ0) is 13.2. The summed E-state index contributed by atoms with van der Waals surface area (Å²) in [6.07, 6.45) is 0.403. The fourth-order valence-corrected chi connectivity index (χ4v) is 2.08. The second-order valence-electron chi connectivity index (χ2n) is 3.42. The van der Waals surface area contributed by atoms with Crippen LogP contribution in [0.3, 0.4) is 0 Å². The van der Waals surface area contributed by atoms with Crippen molar-refractivity contribution in [1.29, 1.82) is 0 Å². The van der Waals surface area contributed by atoms with Gasteiger partial charge in [0.25, 0.3) is 0 Å². The summed E-state index contributed by atoms with van der Waals surface area (Å²) in [6.45, 7) is 0.812. The maximum atomic E-state index is 11.3. The van der Waals surface area contributed by atoms with Crippen molar-refractivity contribution in [3.8, 4) is 0 Å². The molecule has 4 nitrogen and oxygen atoms in total. The van der Waals surface area contributed by atoms with Crippen LogP contribution in [0.4, 0.5) is 0 Å². The number of hydrogen-bond donors (Lipinski definition) is 1. The molecule has 1 rings (SSSR count). The molecule has 1 aromatic carbocycles. The van der Waals surface area contributed by atoms with Crippen molar-refractivity contribution < 1.29 is 14.4 Å². The van der Waals surface area contributed by atoms with Crippen molar-refractivity contribution in [2.24, 2.45) is 0 Å². The largest absolute Gasteiger partial charge is 0.382 e. The molecule has 0 heterocycles. The Bertz CT molecular complexity index is 359. The summed E-state index contributed by atoms with van der Waals surface area (Å²) in [4.78, 5) is 17.3. The van der Waals surface area contributed by atoms with Crippen molar-refractivity contribution in [2.75, 3.05) is 26.1 Å². The average molecular weight is 290 g/mol. The first-order valence-corrected chi connectivity index (χ1v) is 6.86. The normalized spacial score (nSPS) is 10.3. The van der Waals surface area contributed by atoms with Gasteiger partial charge in [-0.25, -0.2) is 5.48 Å². The van der Waals surface area contributed by atoms with Gasteiger partial charge in [0.05, 0.1) is 13.2 Å². The van der Waals surface area contributed by atoms with E-state index < -0.39 is 0 Å². The van der Waals surface area contributed by atoms with E-state index in [0.29, 0.717) is 30.4 Å². The number of methoxy groups -OCH3 is 1. The zero-order valence-corrected chi connectivity index (χ0v) is 11.7. The fourth-order valence-electron chi connectivity index (χ4n) is 1.10. The van der Waals surface area contributed by atoms with Crippen LogP contribution in [0.2, 0.25) is 5.02 Å². The minimum absolute atomic E-state index is 0.132. The van der Waals surface area contributed by atoms with E-state index in [0.717, 1.165) is 4.90 Å². The minimum atomic E-state index is -0.132. The van der Waals surface area contributed by atoms with E-state index in [1.807, 2.05) is 24.3 Å². The number of thioether (sulfide) groups is 1. The van der Waals surface area contributed by atoms with Crippen LogP contribution < -0.4 is 5.48 Å². The van der Waals surface area contributed by atoms with Gasteiger partial charge in [-0.3, -0.25) is 9.63 Å². The molecule has 100 valence electrons. The Labute approximate surface area is 116 Å². The van der Waals surface area contributed by atoms with Crippen molar-refractivity contribution in [3.63, 3.8) is 0 Å². The molecule has 0 aliphatic rings. The SMILES string of the molecule is COCCONC(=O)CCSc1ccc(Cl)cc1. The second-order valence-corrected chi connectivity index (χ2v) is 5.02. The molecule has 0 atom stereocenters.